The summed E-state index contributed by atoms with van der Waals surface area (Å²) in [5, 5.41) is 0. The number of halogens is 3. The van der Waals surface area contributed by atoms with E-state index in [4.69, 9.17) is 0 Å². The van der Waals surface area contributed by atoms with Crippen LogP contribution >= 0.6 is 24.0 Å². The summed E-state index contributed by atoms with van der Waals surface area (Å²) in [6, 6.07) is 2.75. The van der Waals surface area contributed by atoms with Gasteiger partial charge in [0.25, 0.3) is 0 Å². The number of aromatic amines is 1. The van der Waals surface area contributed by atoms with E-state index in [1.807, 2.05) is 0 Å². The number of rotatable bonds is 1. The van der Waals surface area contributed by atoms with Gasteiger partial charge in [0, 0.05) is 11.1 Å². The molecule has 0 aliphatic carbocycles. The maximum atomic E-state index is 11.8. The predicted octanol–water partition coefficient (Wildman–Crippen LogP) is 3.36. The molecular weight excluding hydrogens is 207 g/mol. The van der Waals surface area contributed by atoms with Crippen LogP contribution in [0.15, 0.2) is 23.2 Å². The summed E-state index contributed by atoms with van der Waals surface area (Å²) >= 11 is 4.50. The molecular formula is C6H4F3NS2. The van der Waals surface area contributed by atoms with E-state index in [1.165, 1.54) is 18.3 Å². The van der Waals surface area contributed by atoms with Crippen LogP contribution in [-0.4, -0.2) is 10.5 Å². The second kappa shape index (κ2) is 3.49. The molecule has 1 rings (SSSR count). The van der Waals surface area contributed by atoms with Crippen LogP contribution in [0.1, 0.15) is 0 Å². The van der Waals surface area contributed by atoms with Gasteiger partial charge in [0.15, 0.2) is 0 Å². The number of aromatic nitrogens is 1. The Labute approximate surface area is 76.0 Å². The third-order valence-corrected chi connectivity index (χ3v) is 1.96. The number of pyridine rings is 1. The van der Waals surface area contributed by atoms with Crippen LogP contribution in [0, 0.1) is 4.64 Å². The minimum Gasteiger partial charge on any atom is -0.352 e. The van der Waals surface area contributed by atoms with Crippen LogP contribution in [0.4, 0.5) is 13.2 Å². The molecule has 0 saturated carbocycles. The molecule has 0 aliphatic heterocycles. The van der Waals surface area contributed by atoms with Gasteiger partial charge in [0.05, 0.1) is 0 Å². The van der Waals surface area contributed by atoms with Gasteiger partial charge in [-0.25, -0.2) is 0 Å². The monoisotopic (exact) mass is 211 g/mol. The maximum Gasteiger partial charge on any atom is 0.446 e. The molecule has 1 N–H and O–H groups in total. The summed E-state index contributed by atoms with van der Waals surface area (Å²) in [5.74, 6) is 0. The molecule has 1 heterocycles. The van der Waals surface area contributed by atoms with Crippen molar-refractivity contribution in [2.75, 3.05) is 0 Å². The van der Waals surface area contributed by atoms with Crippen molar-refractivity contribution in [3.05, 3.63) is 23.0 Å². The molecule has 0 saturated heterocycles. The highest BCUT2D eigenvalue weighted by molar-refractivity contribution is 8.00. The average Bonchev–Trinajstić information content (AvgIpc) is 1.91. The Bertz CT molecular complexity index is 297. The quantitative estimate of drug-likeness (QED) is 0.566. The lowest BCUT2D eigenvalue weighted by molar-refractivity contribution is -0.0328. The fourth-order valence-electron chi connectivity index (χ4n) is 0.593. The van der Waals surface area contributed by atoms with Crippen molar-refractivity contribution in [2.45, 2.75) is 10.4 Å². The molecule has 0 radical (unpaired) electrons. The Morgan fingerprint density at radius 1 is 1.33 bits per heavy atom. The van der Waals surface area contributed by atoms with Crippen molar-refractivity contribution in [3.8, 4) is 0 Å². The Kier molecular flexibility index (Phi) is 2.79. The molecule has 0 unspecified atom stereocenters. The fourth-order valence-corrected chi connectivity index (χ4v) is 1.24. The Balaban J connectivity index is 2.78. The fraction of sp³-hybridized carbons (Fsp3) is 0.167. The van der Waals surface area contributed by atoms with Crippen LogP contribution < -0.4 is 0 Å². The van der Waals surface area contributed by atoms with Crippen molar-refractivity contribution in [1.29, 1.82) is 0 Å². The third-order valence-electron chi connectivity index (χ3n) is 0.989. The zero-order valence-electron chi connectivity index (χ0n) is 5.68. The third kappa shape index (κ3) is 3.27. The molecule has 12 heavy (non-hydrogen) atoms. The topological polar surface area (TPSA) is 15.8 Å². The normalized spacial score (nSPS) is 11.6. The highest BCUT2D eigenvalue weighted by Crippen LogP contribution is 2.36. The molecule has 0 aromatic carbocycles. The van der Waals surface area contributed by atoms with Gasteiger partial charge in [-0.05, 0) is 23.9 Å². The van der Waals surface area contributed by atoms with Gasteiger partial charge in [0.1, 0.15) is 4.64 Å². The van der Waals surface area contributed by atoms with E-state index in [9.17, 15) is 13.2 Å². The van der Waals surface area contributed by atoms with Crippen LogP contribution in [0.2, 0.25) is 0 Å². The number of thioether (sulfide) groups is 1. The Morgan fingerprint density at radius 3 is 2.42 bits per heavy atom. The summed E-state index contributed by atoms with van der Waals surface area (Å²) in [5.41, 5.74) is -4.24. The highest BCUT2D eigenvalue weighted by Gasteiger charge is 2.28. The standard InChI is InChI=1S/C6H4F3NS2/c7-6(8,9)12-4-1-2-5(11)10-3-4/h1-3H,(H,10,11). The number of alkyl halides is 3. The van der Waals surface area contributed by atoms with Gasteiger partial charge >= 0.3 is 5.51 Å². The maximum absolute atomic E-state index is 11.8. The van der Waals surface area contributed by atoms with E-state index in [2.05, 4.69) is 17.2 Å². The van der Waals surface area contributed by atoms with Gasteiger partial charge in [0.2, 0.25) is 0 Å². The van der Waals surface area contributed by atoms with Gasteiger partial charge in [-0.2, -0.15) is 13.2 Å². The smallest absolute Gasteiger partial charge is 0.352 e. The second-order valence-corrected chi connectivity index (χ2v) is 3.51. The van der Waals surface area contributed by atoms with Crippen molar-refractivity contribution < 1.29 is 13.2 Å². The molecule has 0 aliphatic rings. The minimum absolute atomic E-state index is 0.108. The van der Waals surface area contributed by atoms with Crippen molar-refractivity contribution in [2.24, 2.45) is 0 Å². The van der Waals surface area contributed by atoms with Crippen molar-refractivity contribution >= 4 is 24.0 Å². The molecule has 0 amide bonds. The number of nitrogens with one attached hydrogen (secondary N) is 1. The van der Waals surface area contributed by atoms with Crippen LogP contribution in [0.3, 0.4) is 0 Å². The van der Waals surface area contributed by atoms with E-state index in [0.717, 1.165) is 0 Å². The summed E-state index contributed by atoms with van der Waals surface area (Å²) in [6.07, 6.45) is 1.24. The van der Waals surface area contributed by atoms with Gasteiger partial charge in [-0.15, -0.1) is 0 Å². The first-order chi connectivity index (χ1) is 5.47. The zero-order valence-corrected chi connectivity index (χ0v) is 7.32. The molecule has 6 heteroatoms. The summed E-state index contributed by atoms with van der Waals surface area (Å²) in [4.78, 5) is 2.62. The Morgan fingerprint density at radius 2 is 2.00 bits per heavy atom. The van der Waals surface area contributed by atoms with Crippen LogP contribution in [0.25, 0.3) is 0 Å². The largest absolute Gasteiger partial charge is 0.446 e. The van der Waals surface area contributed by atoms with Crippen LogP contribution in [0.5, 0.6) is 0 Å². The predicted molar refractivity (Wildman–Crippen MR) is 43.5 cm³/mol. The van der Waals surface area contributed by atoms with Crippen molar-refractivity contribution in [1.82, 2.24) is 4.98 Å². The zero-order chi connectivity index (χ0) is 9.19. The summed E-state index contributed by atoms with van der Waals surface area (Å²) in [7, 11) is 0. The molecule has 1 nitrogen and oxygen atoms in total. The van der Waals surface area contributed by atoms with E-state index >= 15 is 0 Å². The van der Waals surface area contributed by atoms with E-state index in [0.29, 0.717) is 4.64 Å². The van der Waals surface area contributed by atoms with Crippen LogP contribution in [-0.2, 0) is 0 Å². The van der Waals surface area contributed by atoms with Crippen molar-refractivity contribution in [3.63, 3.8) is 0 Å². The second-order valence-electron chi connectivity index (χ2n) is 1.94. The first-order valence-corrected chi connectivity index (χ1v) is 4.14. The lowest BCUT2D eigenvalue weighted by atomic mass is 10.5. The Hall–Kier alpha value is -0.490. The first-order valence-electron chi connectivity index (χ1n) is 2.92. The molecule has 1 aromatic heterocycles. The lowest BCUT2D eigenvalue weighted by Gasteiger charge is -2.03. The molecule has 66 valence electrons. The highest BCUT2D eigenvalue weighted by atomic mass is 32.2. The molecule has 0 spiro atoms. The van der Waals surface area contributed by atoms with Gasteiger partial charge in [-0.1, -0.05) is 12.2 Å². The van der Waals surface area contributed by atoms with E-state index in [1.54, 1.807) is 0 Å². The summed E-state index contributed by atoms with van der Waals surface area (Å²) < 4.78 is 35.7. The first kappa shape index (κ1) is 9.60. The lowest BCUT2D eigenvalue weighted by Crippen LogP contribution is -1.98. The molecule has 0 fully saturated rings. The van der Waals surface area contributed by atoms with E-state index in [-0.39, 0.29) is 16.7 Å². The molecule has 0 bridgehead atoms. The SMILES string of the molecule is FC(F)(F)Sc1ccc(=S)[nH]c1. The molecule has 1 aromatic rings. The molecule has 0 atom stereocenters. The average molecular weight is 211 g/mol. The minimum atomic E-state index is -4.24. The number of hydrogen-bond acceptors (Lipinski definition) is 2. The van der Waals surface area contributed by atoms with E-state index < -0.39 is 5.51 Å². The summed E-state index contributed by atoms with van der Waals surface area (Å²) in [6.45, 7) is 0. The number of hydrogen-bond donors (Lipinski definition) is 1. The van der Waals surface area contributed by atoms with Gasteiger partial charge in [-0.3, -0.25) is 0 Å². The van der Waals surface area contributed by atoms with Gasteiger partial charge < -0.3 is 4.98 Å². The number of H-pyrrole nitrogens is 1.